The van der Waals surface area contributed by atoms with Crippen LogP contribution in [0.2, 0.25) is 0 Å². The minimum absolute atomic E-state index is 0.336. The molecule has 1 aliphatic rings. The Hall–Kier alpha value is -0.850. The number of nitrogens with two attached hydrogens (primary N) is 2. The van der Waals surface area contributed by atoms with E-state index in [4.69, 9.17) is 16.2 Å². The van der Waals surface area contributed by atoms with Gasteiger partial charge < -0.3 is 26.6 Å². The van der Waals surface area contributed by atoms with Gasteiger partial charge in [0.15, 0.2) is 0 Å². The summed E-state index contributed by atoms with van der Waals surface area (Å²) in [6.45, 7) is 5.30. The summed E-state index contributed by atoms with van der Waals surface area (Å²) in [5, 5.41) is 12.2. The quantitative estimate of drug-likeness (QED) is 0.477. The molecule has 1 amide bonds. The van der Waals surface area contributed by atoms with Gasteiger partial charge in [-0.1, -0.05) is 0 Å². The number of ether oxygens (including phenoxy) is 1. The highest BCUT2D eigenvalue weighted by Crippen LogP contribution is 2.18. The second kappa shape index (κ2) is 4.57. The van der Waals surface area contributed by atoms with Gasteiger partial charge in [0.1, 0.15) is 5.60 Å². The number of rotatable bonds is 1. The zero-order chi connectivity index (χ0) is 12.5. The van der Waals surface area contributed by atoms with Crippen LogP contribution in [0.1, 0.15) is 27.2 Å². The van der Waals surface area contributed by atoms with E-state index < -0.39 is 29.9 Å². The number of hydrogen-bond acceptors (Lipinski definition) is 5. The Morgan fingerprint density at radius 2 is 1.94 bits per heavy atom. The Morgan fingerprint density at radius 1 is 1.38 bits per heavy atom. The molecule has 1 fully saturated rings. The van der Waals surface area contributed by atoms with Crippen molar-refractivity contribution < 1.29 is 14.6 Å². The van der Waals surface area contributed by atoms with E-state index >= 15 is 0 Å². The van der Waals surface area contributed by atoms with Gasteiger partial charge in [0.2, 0.25) is 0 Å². The standard InChI is InChI=1S/C10H21N3O3/c1-10(2,3)16-9(15)13-7-5(11)4-6(12)8(7)14/h5-8,14H,4,11-12H2,1-3H3,(H,13,15)/t5-,6+,7+,8-/m0/s1. The van der Waals surface area contributed by atoms with Crippen molar-refractivity contribution in [3.63, 3.8) is 0 Å². The average molecular weight is 231 g/mol. The minimum Gasteiger partial charge on any atom is -0.444 e. The number of hydrogen-bond donors (Lipinski definition) is 4. The van der Waals surface area contributed by atoms with Crippen LogP contribution in [-0.2, 0) is 4.74 Å². The molecule has 0 heterocycles. The predicted octanol–water partition coefficient (Wildman–Crippen LogP) is -0.701. The van der Waals surface area contributed by atoms with Crippen molar-refractivity contribution in [2.75, 3.05) is 0 Å². The van der Waals surface area contributed by atoms with Crippen molar-refractivity contribution in [1.29, 1.82) is 0 Å². The molecule has 6 nitrogen and oxygen atoms in total. The van der Waals surface area contributed by atoms with E-state index in [-0.39, 0.29) is 6.04 Å². The van der Waals surface area contributed by atoms with Gasteiger partial charge in [-0.25, -0.2) is 4.79 Å². The fourth-order valence-electron chi connectivity index (χ4n) is 1.76. The predicted molar refractivity (Wildman–Crippen MR) is 59.7 cm³/mol. The zero-order valence-corrected chi connectivity index (χ0v) is 9.93. The molecule has 0 aromatic rings. The lowest BCUT2D eigenvalue weighted by Crippen LogP contribution is -2.52. The Labute approximate surface area is 95.3 Å². The van der Waals surface area contributed by atoms with E-state index in [1.54, 1.807) is 20.8 Å². The van der Waals surface area contributed by atoms with Crippen LogP contribution in [0.25, 0.3) is 0 Å². The molecule has 4 atom stereocenters. The molecule has 0 radical (unpaired) electrons. The molecule has 0 bridgehead atoms. The van der Waals surface area contributed by atoms with E-state index in [9.17, 15) is 9.90 Å². The number of nitrogens with one attached hydrogen (secondary N) is 1. The van der Waals surface area contributed by atoms with Crippen molar-refractivity contribution in [3.8, 4) is 0 Å². The number of aliphatic hydroxyl groups excluding tert-OH is 1. The summed E-state index contributed by atoms with van der Waals surface area (Å²) >= 11 is 0. The summed E-state index contributed by atoms with van der Waals surface area (Å²) < 4.78 is 5.07. The van der Waals surface area contributed by atoms with Crippen LogP contribution in [0.3, 0.4) is 0 Å². The molecule has 1 saturated carbocycles. The number of aliphatic hydroxyl groups is 1. The van der Waals surface area contributed by atoms with Crippen molar-refractivity contribution in [1.82, 2.24) is 5.32 Å². The van der Waals surface area contributed by atoms with E-state index in [0.717, 1.165) is 0 Å². The molecule has 6 heteroatoms. The summed E-state index contributed by atoms with van der Waals surface area (Å²) in [4.78, 5) is 11.5. The molecule has 0 aromatic heterocycles. The second-order valence-corrected chi connectivity index (χ2v) is 5.23. The van der Waals surface area contributed by atoms with Crippen molar-refractivity contribution >= 4 is 6.09 Å². The maximum absolute atomic E-state index is 11.5. The fraction of sp³-hybridized carbons (Fsp3) is 0.900. The highest BCUT2D eigenvalue weighted by molar-refractivity contribution is 5.68. The molecular weight excluding hydrogens is 210 g/mol. The molecule has 0 saturated heterocycles. The van der Waals surface area contributed by atoms with Gasteiger partial charge >= 0.3 is 6.09 Å². The second-order valence-electron chi connectivity index (χ2n) is 5.23. The normalized spacial score (nSPS) is 34.9. The minimum atomic E-state index is -0.817. The Balaban J connectivity index is 2.51. The van der Waals surface area contributed by atoms with Crippen molar-refractivity contribution in [3.05, 3.63) is 0 Å². The van der Waals surface area contributed by atoms with Gasteiger partial charge in [-0.2, -0.15) is 0 Å². The van der Waals surface area contributed by atoms with Crippen LogP contribution < -0.4 is 16.8 Å². The summed E-state index contributed by atoms with van der Waals surface area (Å²) in [7, 11) is 0. The molecule has 1 rings (SSSR count). The lowest BCUT2D eigenvalue weighted by Gasteiger charge is -2.25. The maximum atomic E-state index is 11.5. The van der Waals surface area contributed by atoms with Crippen molar-refractivity contribution in [2.24, 2.45) is 11.5 Å². The number of carbonyl (C=O) groups excluding carboxylic acids is 1. The van der Waals surface area contributed by atoms with Crippen LogP contribution in [0, 0.1) is 0 Å². The first-order valence-electron chi connectivity index (χ1n) is 5.39. The van der Waals surface area contributed by atoms with Gasteiger partial charge in [-0.3, -0.25) is 0 Å². The fourth-order valence-corrected chi connectivity index (χ4v) is 1.76. The molecule has 0 aromatic carbocycles. The topological polar surface area (TPSA) is 111 Å². The molecule has 0 aliphatic heterocycles. The lowest BCUT2D eigenvalue weighted by atomic mass is 10.1. The molecule has 94 valence electrons. The smallest absolute Gasteiger partial charge is 0.408 e. The molecule has 1 aliphatic carbocycles. The average Bonchev–Trinajstić information content (AvgIpc) is 2.29. The molecule has 6 N–H and O–H groups in total. The van der Waals surface area contributed by atoms with Gasteiger partial charge in [0.05, 0.1) is 12.1 Å². The first-order chi connectivity index (χ1) is 7.20. The summed E-state index contributed by atoms with van der Waals surface area (Å²) in [6.07, 6.45) is -0.912. The summed E-state index contributed by atoms with van der Waals surface area (Å²) in [5.74, 6) is 0. The Kier molecular flexibility index (Phi) is 3.77. The third-order valence-corrected chi connectivity index (χ3v) is 2.50. The number of amides is 1. The van der Waals surface area contributed by atoms with Gasteiger partial charge in [-0.15, -0.1) is 0 Å². The summed E-state index contributed by atoms with van der Waals surface area (Å²) in [6, 6.07) is -1.27. The maximum Gasteiger partial charge on any atom is 0.408 e. The molecule has 0 unspecified atom stereocenters. The third kappa shape index (κ3) is 3.33. The SMILES string of the molecule is CC(C)(C)OC(=O)N[C@H]1[C@@H](O)[C@H](N)C[C@@H]1N. The van der Waals surface area contributed by atoms with Crippen molar-refractivity contribution in [2.45, 2.75) is 57.0 Å². The van der Waals surface area contributed by atoms with Crippen LogP contribution in [-0.4, -0.2) is 41.0 Å². The molecular formula is C10H21N3O3. The van der Waals surface area contributed by atoms with Gasteiger partial charge in [-0.05, 0) is 27.2 Å². The highest BCUT2D eigenvalue weighted by atomic mass is 16.6. The van der Waals surface area contributed by atoms with E-state index in [2.05, 4.69) is 5.32 Å². The van der Waals surface area contributed by atoms with Crippen LogP contribution in [0.5, 0.6) is 0 Å². The van der Waals surface area contributed by atoms with E-state index in [1.807, 2.05) is 0 Å². The van der Waals surface area contributed by atoms with Crippen LogP contribution in [0.4, 0.5) is 4.79 Å². The molecule has 0 spiro atoms. The number of alkyl carbamates (subject to hydrolysis) is 1. The Bertz CT molecular complexity index is 265. The van der Waals surface area contributed by atoms with Crippen LogP contribution >= 0.6 is 0 Å². The van der Waals surface area contributed by atoms with Gasteiger partial charge in [0.25, 0.3) is 0 Å². The number of carbonyl (C=O) groups is 1. The first kappa shape index (κ1) is 13.2. The largest absolute Gasteiger partial charge is 0.444 e. The highest BCUT2D eigenvalue weighted by Gasteiger charge is 2.40. The van der Waals surface area contributed by atoms with Crippen LogP contribution in [0.15, 0.2) is 0 Å². The lowest BCUT2D eigenvalue weighted by molar-refractivity contribution is 0.0434. The van der Waals surface area contributed by atoms with E-state index in [1.165, 1.54) is 0 Å². The monoisotopic (exact) mass is 231 g/mol. The third-order valence-electron chi connectivity index (χ3n) is 2.50. The summed E-state index contributed by atoms with van der Waals surface area (Å²) in [5.41, 5.74) is 10.8. The molecule has 16 heavy (non-hydrogen) atoms. The van der Waals surface area contributed by atoms with E-state index in [0.29, 0.717) is 6.42 Å². The van der Waals surface area contributed by atoms with Gasteiger partial charge in [0, 0.05) is 12.1 Å². The zero-order valence-electron chi connectivity index (χ0n) is 9.93. The first-order valence-corrected chi connectivity index (χ1v) is 5.39. The Morgan fingerprint density at radius 3 is 2.31 bits per heavy atom.